The first kappa shape index (κ1) is 22.3. The van der Waals surface area contributed by atoms with E-state index in [-0.39, 0.29) is 5.56 Å². The van der Waals surface area contributed by atoms with Crippen molar-refractivity contribution in [3.8, 4) is 0 Å². The van der Waals surface area contributed by atoms with Crippen molar-refractivity contribution in [1.82, 2.24) is 9.97 Å². The van der Waals surface area contributed by atoms with Gasteiger partial charge in [0.15, 0.2) is 0 Å². The summed E-state index contributed by atoms with van der Waals surface area (Å²) in [6.07, 6.45) is 4.93. The van der Waals surface area contributed by atoms with Crippen molar-refractivity contribution in [1.29, 1.82) is 0 Å². The summed E-state index contributed by atoms with van der Waals surface area (Å²) in [5.41, 5.74) is 5.14. The van der Waals surface area contributed by atoms with Gasteiger partial charge in [-0.05, 0) is 75.4 Å². The molecular formula is C26H34N4O2. The van der Waals surface area contributed by atoms with Crippen LogP contribution < -0.4 is 15.8 Å². The quantitative estimate of drug-likeness (QED) is 0.563. The van der Waals surface area contributed by atoms with Gasteiger partial charge in [-0.3, -0.25) is 4.79 Å². The molecule has 3 heterocycles. The molecule has 1 fully saturated rings. The molecule has 6 heteroatoms. The summed E-state index contributed by atoms with van der Waals surface area (Å²) in [4.78, 5) is 22.6. The van der Waals surface area contributed by atoms with Crippen molar-refractivity contribution in [3.63, 3.8) is 0 Å². The Morgan fingerprint density at radius 2 is 1.94 bits per heavy atom. The molecule has 0 radical (unpaired) electrons. The number of pyridine rings is 2. The molecule has 2 aromatic heterocycles. The van der Waals surface area contributed by atoms with Gasteiger partial charge in [-0.1, -0.05) is 6.92 Å². The third-order valence-electron chi connectivity index (χ3n) is 6.53. The van der Waals surface area contributed by atoms with Crippen LogP contribution in [0.5, 0.6) is 0 Å². The van der Waals surface area contributed by atoms with E-state index in [1.165, 1.54) is 16.6 Å². The van der Waals surface area contributed by atoms with E-state index in [1.54, 1.807) is 0 Å². The fraction of sp³-hybridized carbons (Fsp3) is 0.462. The summed E-state index contributed by atoms with van der Waals surface area (Å²) in [6.45, 7) is 11.4. The van der Waals surface area contributed by atoms with Crippen molar-refractivity contribution in [2.24, 2.45) is 0 Å². The van der Waals surface area contributed by atoms with E-state index >= 15 is 0 Å². The second-order valence-corrected chi connectivity index (χ2v) is 8.65. The minimum atomic E-state index is -0.0400. The average molecular weight is 435 g/mol. The number of rotatable bonds is 7. The van der Waals surface area contributed by atoms with Gasteiger partial charge in [0.25, 0.3) is 5.56 Å². The fourth-order valence-corrected chi connectivity index (χ4v) is 4.80. The average Bonchev–Trinajstić information content (AvgIpc) is 2.79. The maximum Gasteiger partial charge on any atom is 0.253 e. The van der Waals surface area contributed by atoms with Crippen LogP contribution in [0.1, 0.15) is 49.1 Å². The Morgan fingerprint density at radius 3 is 2.62 bits per heavy atom. The Labute approximate surface area is 190 Å². The summed E-state index contributed by atoms with van der Waals surface area (Å²) in [7, 11) is 0. The molecule has 6 nitrogen and oxygen atoms in total. The highest BCUT2D eigenvalue weighted by Crippen LogP contribution is 2.35. The van der Waals surface area contributed by atoms with Crippen LogP contribution in [0.15, 0.2) is 35.3 Å². The number of benzene rings is 1. The van der Waals surface area contributed by atoms with Gasteiger partial charge in [-0.15, -0.1) is 0 Å². The highest BCUT2D eigenvalue weighted by atomic mass is 16.5. The lowest BCUT2D eigenvalue weighted by atomic mass is 10.00. The van der Waals surface area contributed by atoms with E-state index < -0.39 is 0 Å². The molecule has 0 saturated carbocycles. The number of nitrogens with zero attached hydrogens (tertiary/aromatic N) is 2. The van der Waals surface area contributed by atoms with E-state index in [1.807, 2.05) is 26.1 Å². The number of aromatic amines is 1. The summed E-state index contributed by atoms with van der Waals surface area (Å²) >= 11 is 0. The number of H-pyrrole nitrogens is 1. The van der Waals surface area contributed by atoms with Crippen molar-refractivity contribution < 1.29 is 4.74 Å². The topological polar surface area (TPSA) is 70.2 Å². The molecule has 3 aromatic rings. The van der Waals surface area contributed by atoms with E-state index in [4.69, 9.17) is 4.74 Å². The SMILES string of the molecule is CCc1cc(N(CC)C2CCOCC2)c2ccnc(NCc3c(C)cc(C)[nH]c3=O)c2c1. The molecule has 0 amide bonds. The zero-order chi connectivity index (χ0) is 22.7. The number of fused-ring (bicyclic) bond motifs is 1. The first-order valence-electron chi connectivity index (χ1n) is 11.7. The largest absolute Gasteiger partial charge is 0.381 e. The number of hydrogen-bond acceptors (Lipinski definition) is 5. The second kappa shape index (κ2) is 9.74. The molecule has 0 bridgehead atoms. The minimum Gasteiger partial charge on any atom is -0.381 e. The molecule has 1 saturated heterocycles. The summed E-state index contributed by atoms with van der Waals surface area (Å²) < 4.78 is 5.61. The predicted molar refractivity (Wildman–Crippen MR) is 132 cm³/mol. The predicted octanol–water partition coefficient (Wildman–Crippen LogP) is 4.72. The van der Waals surface area contributed by atoms with Gasteiger partial charge in [0.2, 0.25) is 0 Å². The Bertz CT molecular complexity index is 1150. The first-order valence-corrected chi connectivity index (χ1v) is 11.7. The summed E-state index contributed by atoms with van der Waals surface area (Å²) in [5, 5.41) is 5.75. The third kappa shape index (κ3) is 4.51. The monoisotopic (exact) mass is 434 g/mol. The van der Waals surface area contributed by atoms with Crippen LogP contribution in [0.3, 0.4) is 0 Å². The number of anilines is 2. The lowest BCUT2D eigenvalue weighted by Gasteiger charge is -2.36. The van der Waals surface area contributed by atoms with E-state index in [9.17, 15) is 4.79 Å². The Kier molecular flexibility index (Phi) is 6.80. The molecule has 32 heavy (non-hydrogen) atoms. The maximum absolute atomic E-state index is 12.5. The van der Waals surface area contributed by atoms with Crippen molar-refractivity contribution in [2.45, 2.75) is 59.5 Å². The number of ether oxygens (including phenoxy) is 1. The van der Waals surface area contributed by atoms with Crippen LogP contribution in [-0.2, 0) is 17.7 Å². The molecule has 4 rings (SSSR count). The fourth-order valence-electron chi connectivity index (χ4n) is 4.80. The van der Waals surface area contributed by atoms with Crippen LogP contribution >= 0.6 is 0 Å². The third-order valence-corrected chi connectivity index (χ3v) is 6.53. The molecule has 0 spiro atoms. The normalized spacial score (nSPS) is 14.6. The highest BCUT2D eigenvalue weighted by molar-refractivity contribution is 6.01. The molecule has 1 aliphatic heterocycles. The summed E-state index contributed by atoms with van der Waals surface area (Å²) in [5.74, 6) is 0.821. The molecule has 170 valence electrons. The number of aryl methyl sites for hydroxylation is 3. The number of nitrogens with one attached hydrogen (secondary N) is 2. The Hall–Kier alpha value is -2.86. The number of hydrogen-bond donors (Lipinski definition) is 2. The first-order chi connectivity index (χ1) is 15.5. The zero-order valence-corrected chi connectivity index (χ0v) is 19.6. The molecule has 2 N–H and O–H groups in total. The molecule has 1 aliphatic rings. The van der Waals surface area contributed by atoms with Crippen LogP contribution in [0.25, 0.3) is 10.8 Å². The van der Waals surface area contributed by atoms with E-state index in [0.717, 1.165) is 67.0 Å². The van der Waals surface area contributed by atoms with Gasteiger partial charge >= 0.3 is 0 Å². The van der Waals surface area contributed by atoms with E-state index in [0.29, 0.717) is 12.6 Å². The smallest absolute Gasteiger partial charge is 0.253 e. The van der Waals surface area contributed by atoms with E-state index in [2.05, 4.69) is 52.2 Å². The van der Waals surface area contributed by atoms with Crippen LogP contribution in [0.2, 0.25) is 0 Å². The van der Waals surface area contributed by atoms with Gasteiger partial charge < -0.3 is 19.9 Å². The molecular weight excluding hydrogens is 400 g/mol. The van der Waals surface area contributed by atoms with Crippen LogP contribution in [0, 0.1) is 13.8 Å². The standard InChI is InChI=1S/C26H34N4O2/c1-5-19-14-22-21(24(15-19)30(6-2)20-8-11-32-12-9-20)7-10-27-25(22)28-16-23-17(3)13-18(4)29-26(23)31/h7,10,13-15,20H,5-6,8-9,11-12,16H2,1-4H3,(H,27,28)(H,29,31). The Balaban J connectivity index is 1.74. The van der Waals surface area contributed by atoms with Crippen molar-refractivity contribution >= 4 is 22.3 Å². The zero-order valence-electron chi connectivity index (χ0n) is 19.6. The van der Waals surface area contributed by atoms with Gasteiger partial charge in [0.1, 0.15) is 5.82 Å². The van der Waals surface area contributed by atoms with Crippen LogP contribution in [0.4, 0.5) is 11.5 Å². The lowest BCUT2D eigenvalue weighted by molar-refractivity contribution is 0.0847. The summed E-state index contributed by atoms with van der Waals surface area (Å²) in [6, 6.07) is 9.18. The molecule has 0 unspecified atom stereocenters. The van der Waals surface area contributed by atoms with Gasteiger partial charge in [-0.2, -0.15) is 0 Å². The lowest BCUT2D eigenvalue weighted by Crippen LogP contribution is -2.39. The molecule has 0 aliphatic carbocycles. The van der Waals surface area contributed by atoms with Gasteiger partial charge in [-0.25, -0.2) is 4.98 Å². The van der Waals surface area contributed by atoms with Crippen LogP contribution in [-0.4, -0.2) is 35.8 Å². The van der Waals surface area contributed by atoms with Crippen molar-refractivity contribution in [3.05, 3.63) is 63.2 Å². The van der Waals surface area contributed by atoms with Crippen molar-refractivity contribution in [2.75, 3.05) is 30.0 Å². The minimum absolute atomic E-state index is 0.0400. The molecule has 1 aromatic carbocycles. The number of aromatic nitrogens is 2. The second-order valence-electron chi connectivity index (χ2n) is 8.65. The van der Waals surface area contributed by atoms with Gasteiger partial charge in [0, 0.05) is 66.3 Å². The van der Waals surface area contributed by atoms with Gasteiger partial charge in [0.05, 0.1) is 0 Å². The Morgan fingerprint density at radius 1 is 1.16 bits per heavy atom. The molecule has 0 atom stereocenters. The maximum atomic E-state index is 12.5. The highest BCUT2D eigenvalue weighted by Gasteiger charge is 2.23.